The Kier molecular flexibility index (Phi) is 1.80. The molecule has 0 atom stereocenters. The van der Waals surface area contributed by atoms with E-state index in [-0.39, 0.29) is 0 Å². The van der Waals surface area contributed by atoms with E-state index in [1.54, 1.807) is 7.11 Å². The molecule has 4 nitrogen and oxygen atoms in total. The Labute approximate surface area is 74.9 Å². The van der Waals surface area contributed by atoms with Crippen LogP contribution in [0.3, 0.4) is 0 Å². The van der Waals surface area contributed by atoms with Crippen LogP contribution in [0.1, 0.15) is 12.8 Å². The third-order valence-electron chi connectivity index (χ3n) is 1.79. The second kappa shape index (κ2) is 2.82. The summed E-state index contributed by atoms with van der Waals surface area (Å²) in [5, 5.41) is 4.26. The van der Waals surface area contributed by atoms with E-state index < -0.39 is 0 Å². The molecule has 0 amide bonds. The molecule has 1 aromatic rings. The number of nitrogens with zero attached hydrogens (tertiary/aromatic N) is 1. The predicted molar refractivity (Wildman–Crippen MR) is 49.7 cm³/mol. The fourth-order valence-electron chi connectivity index (χ4n) is 0.996. The molecular weight excluding hydrogens is 174 g/mol. The van der Waals surface area contributed by atoms with E-state index in [0.717, 1.165) is 5.00 Å². The van der Waals surface area contributed by atoms with Gasteiger partial charge in [-0.05, 0) is 24.4 Å². The molecule has 0 aromatic carbocycles. The molecule has 66 valence electrons. The number of nitrogens with two attached hydrogens (primary N) is 1. The quantitative estimate of drug-likeness (QED) is 0.745. The van der Waals surface area contributed by atoms with Crippen LogP contribution in [0.15, 0.2) is 0 Å². The van der Waals surface area contributed by atoms with Gasteiger partial charge in [-0.15, -0.1) is 0 Å². The normalized spacial score (nSPS) is 16.1. The van der Waals surface area contributed by atoms with E-state index >= 15 is 0 Å². The number of aromatic nitrogens is 1. The molecule has 1 fully saturated rings. The molecule has 0 spiro atoms. The molecule has 0 unspecified atom stereocenters. The molecular formula is C7H11N3OS. The Morgan fingerprint density at radius 3 is 3.00 bits per heavy atom. The SMILES string of the molecule is COc1c(N)nsc1NC1CC1. The molecule has 1 aliphatic rings. The topological polar surface area (TPSA) is 60.2 Å². The van der Waals surface area contributed by atoms with Crippen LogP contribution in [0.4, 0.5) is 10.8 Å². The minimum atomic E-state index is 0.477. The molecule has 2 rings (SSSR count). The zero-order valence-corrected chi connectivity index (χ0v) is 7.65. The maximum absolute atomic E-state index is 5.58. The summed E-state index contributed by atoms with van der Waals surface area (Å²) in [6.07, 6.45) is 2.47. The fraction of sp³-hybridized carbons (Fsp3) is 0.571. The highest BCUT2D eigenvalue weighted by atomic mass is 32.1. The van der Waals surface area contributed by atoms with Gasteiger partial charge in [0.05, 0.1) is 7.11 Å². The molecule has 0 radical (unpaired) electrons. The number of rotatable bonds is 3. The van der Waals surface area contributed by atoms with Gasteiger partial charge in [-0.25, -0.2) is 0 Å². The van der Waals surface area contributed by atoms with Gasteiger partial charge >= 0.3 is 0 Å². The molecule has 1 aliphatic carbocycles. The van der Waals surface area contributed by atoms with Crippen LogP contribution < -0.4 is 15.8 Å². The average Bonchev–Trinajstić information content (AvgIpc) is 2.78. The van der Waals surface area contributed by atoms with Crippen LogP contribution in [0, 0.1) is 0 Å². The molecule has 1 heterocycles. The number of hydrogen-bond donors (Lipinski definition) is 2. The molecule has 0 saturated heterocycles. The van der Waals surface area contributed by atoms with Crippen molar-refractivity contribution in [3.05, 3.63) is 0 Å². The second-order valence-electron chi connectivity index (χ2n) is 2.85. The molecule has 1 saturated carbocycles. The van der Waals surface area contributed by atoms with E-state index in [4.69, 9.17) is 10.5 Å². The van der Waals surface area contributed by atoms with E-state index in [1.807, 2.05) is 0 Å². The van der Waals surface area contributed by atoms with E-state index in [1.165, 1.54) is 24.4 Å². The first kappa shape index (κ1) is 7.67. The van der Waals surface area contributed by atoms with Gasteiger partial charge in [-0.2, -0.15) is 4.37 Å². The number of anilines is 2. The minimum absolute atomic E-state index is 0.477. The van der Waals surface area contributed by atoms with Gasteiger partial charge in [0.15, 0.2) is 16.6 Å². The zero-order valence-electron chi connectivity index (χ0n) is 6.83. The number of hydrogen-bond acceptors (Lipinski definition) is 5. The molecule has 5 heteroatoms. The molecule has 0 bridgehead atoms. The fourth-order valence-corrected chi connectivity index (χ4v) is 1.76. The van der Waals surface area contributed by atoms with Gasteiger partial charge < -0.3 is 15.8 Å². The molecule has 12 heavy (non-hydrogen) atoms. The van der Waals surface area contributed by atoms with Gasteiger partial charge in [-0.3, -0.25) is 0 Å². The number of nitrogen functional groups attached to an aromatic ring is 1. The third kappa shape index (κ3) is 1.32. The minimum Gasteiger partial charge on any atom is -0.490 e. The van der Waals surface area contributed by atoms with Gasteiger partial charge in [-0.1, -0.05) is 0 Å². The number of nitrogens with one attached hydrogen (secondary N) is 1. The van der Waals surface area contributed by atoms with Crippen molar-refractivity contribution in [2.45, 2.75) is 18.9 Å². The summed E-state index contributed by atoms with van der Waals surface area (Å²) < 4.78 is 9.11. The average molecular weight is 185 g/mol. The number of methoxy groups -OCH3 is 1. The first-order chi connectivity index (χ1) is 5.81. The Morgan fingerprint density at radius 1 is 1.67 bits per heavy atom. The Bertz CT molecular complexity index is 282. The number of ether oxygens (including phenoxy) is 1. The van der Waals surface area contributed by atoms with Crippen LogP contribution in [0.5, 0.6) is 5.75 Å². The van der Waals surface area contributed by atoms with Crippen molar-refractivity contribution in [2.75, 3.05) is 18.2 Å². The van der Waals surface area contributed by atoms with Crippen LogP contribution in [0.2, 0.25) is 0 Å². The third-order valence-corrected chi connectivity index (χ3v) is 2.56. The van der Waals surface area contributed by atoms with Crippen molar-refractivity contribution in [3.8, 4) is 5.75 Å². The van der Waals surface area contributed by atoms with Crippen LogP contribution >= 0.6 is 11.5 Å². The second-order valence-corrected chi connectivity index (χ2v) is 3.62. The maximum atomic E-state index is 5.58. The van der Waals surface area contributed by atoms with Crippen molar-refractivity contribution in [3.63, 3.8) is 0 Å². The summed E-state index contributed by atoms with van der Waals surface area (Å²) in [4.78, 5) is 0. The van der Waals surface area contributed by atoms with Crippen molar-refractivity contribution in [2.24, 2.45) is 0 Å². The first-order valence-corrected chi connectivity index (χ1v) is 4.64. The Balaban J connectivity index is 2.16. The summed E-state index contributed by atoms with van der Waals surface area (Å²) in [7, 11) is 1.61. The van der Waals surface area contributed by atoms with Crippen LogP contribution in [0.25, 0.3) is 0 Å². The van der Waals surface area contributed by atoms with E-state index in [9.17, 15) is 0 Å². The summed E-state index contributed by atoms with van der Waals surface area (Å²) in [5.74, 6) is 1.16. The summed E-state index contributed by atoms with van der Waals surface area (Å²) in [5.41, 5.74) is 5.58. The molecule has 0 aliphatic heterocycles. The van der Waals surface area contributed by atoms with Crippen LogP contribution in [-0.4, -0.2) is 17.5 Å². The lowest BCUT2D eigenvalue weighted by Gasteiger charge is -2.02. The molecule has 3 N–H and O–H groups in total. The Hall–Kier alpha value is -0.970. The lowest BCUT2D eigenvalue weighted by molar-refractivity contribution is 0.419. The predicted octanol–water partition coefficient (Wildman–Crippen LogP) is 1.31. The van der Waals surface area contributed by atoms with Crippen molar-refractivity contribution in [1.82, 2.24) is 4.37 Å². The first-order valence-electron chi connectivity index (χ1n) is 3.87. The largest absolute Gasteiger partial charge is 0.490 e. The zero-order chi connectivity index (χ0) is 8.55. The van der Waals surface area contributed by atoms with E-state index in [0.29, 0.717) is 17.6 Å². The smallest absolute Gasteiger partial charge is 0.197 e. The lowest BCUT2D eigenvalue weighted by atomic mass is 10.5. The Morgan fingerprint density at radius 2 is 2.42 bits per heavy atom. The van der Waals surface area contributed by atoms with Gasteiger partial charge in [0.25, 0.3) is 0 Å². The standard InChI is InChI=1S/C7H11N3OS/c1-11-5-6(8)10-12-7(5)9-4-2-3-4/h4,9H,2-3H2,1H3,(H2,8,10). The molecule has 1 aromatic heterocycles. The maximum Gasteiger partial charge on any atom is 0.197 e. The van der Waals surface area contributed by atoms with E-state index in [2.05, 4.69) is 9.69 Å². The lowest BCUT2D eigenvalue weighted by Crippen LogP contribution is -2.00. The van der Waals surface area contributed by atoms with Crippen LogP contribution in [-0.2, 0) is 0 Å². The van der Waals surface area contributed by atoms with Gasteiger partial charge in [0.1, 0.15) is 0 Å². The van der Waals surface area contributed by atoms with Crippen molar-refractivity contribution < 1.29 is 4.74 Å². The van der Waals surface area contributed by atoms with Crippen molar-refractivity contribution in [1.29, 1.82) is 0 Å². The highest BCUT2D eigenvalue weighted by Gasteiger charge is 2.24. The summed E-state index contributed by atoms with van der Waals surface area (Å²) in [6.45, 7) is 0. The highest BCUT2D eigenvalue weighted by molar-refractivity contribution is 7.11. The monoisotopic (exact) mass is 185 g/mol. The highest BCUT2D eigenvalue weighted by Crippen LogP contribution is 2.37. The summed E-state index contributed by atoms with van der Waals surface area (Å²) in [6, 6.07) is 0.610. The van der Waals surface area contributed by atoms with Crippen molar-refractivity contribution >= 4 is 22.4 Å². The van der Waals surface area contributed by atoms with Gasteiger partial charge in [0, 0.05) is 6.04 Å². The summed E-state index contributed by atoms with van der Waals surface area (Å²) >= 11 is 1.36. The van der Waals surface area contributed by atoms with Gasteiger partial charge in [0.2, 0.25) is 0 Å².